The summed E-state index contributed by atoms with van der Waals surface area (Å²) >= 11 is 3.75. The molecule has 2 aromatic carbocycles. The summed E-state index contributed by atoms with van der Waals surface area (Å²) in [6.45, 7) is 0. The quantitative estimate of drug-likeness (QED) is 0.708. The fourth-order valence-electron chi connectivity index (χ4n) is 2.13. The molecule has 0 heterocycles. The molecular formula is C17H19BrO2. The molecule has 0 fully saturated rings. The van der Waals surface area contributed by atoms with Crippen molar-refractivity contribution in [3.05, 3.63) is 59.7 Å². The van der Waals surface area contributed by atoms with Crippen molar-refractivity contribution in [2.24, 2.45) is 0 Å². The van der Waals surface area contributed by atoms with Gasteiger partial charge in [-0.05, 0) is 36.1 Å². The zero-order chi connectivity index (χ0) is 14.4. The van der Waals surface area contributed by atoms with Crippen LogP contribution in [-0.2, 0) is 6.42 Å². The molecule has 0 aliphatic carbocycles. The molecule has 2 rings (SSSR count). The largest absolute Gasteiger partial charge is 0.497 e. The van der Waals surface area contributed by atoms with Crippen LogP contribution >= 0.6 is 15.9 Å². The van der Waals surface area contributed by atoms with Crippen molar-refractivity contribution < 1.29 is 9.47 Å². The summed E-state index contributed by atoms with van der Waals surface area (Å²) in [5.41, 5.74) is 2.53. The molecule has 2 nitrogen and oxygen atoms in total. The van der Waals surface area contributed by atoms with Gasteiger partial charge < -0.3 is 9.47 Å². The Morgan fingerprint density at radius 1 is 0.950 bits per heavy atom. The van der Waals surface area contributed by atoms with Crippen LogP contribution < -0.4 is 9.47 Å². The summed E-state index contributed by atoms with van der Waals surface area (Å²) in [7, 11) is 3.35. The highest BCUT2D eigenvalue weighted by Crippen LogP contribution is 2.29. The number of methoxy groups -OCH3 is 2. The Hall–Kier alpha value is -1.48. The van der Waals surface area contributed by atoms with Crippen molar-refractivity contribution in [1.29, 1.82) is 0 Å². The third-order valence-corrected chi connectivity index (χ3v) is 4.25. The molecule has 0 aliphatic heterocycles. The van der Waals surface area contributed by atoms with Crippen LogP contribution in [0.1, 0.15) is 22.4 Å². The first-order chi connectivity index (χ1) is 9.72. The molecule has 3 heteroatoms. The lowest BCUT2D eigenvalue weighted by atomic mass is 10.0. The van der Waals surface area contributed by atoms with E-state index in [1.165, 1.54) is 11.1 Å². The second kappa shape index (κ2) is 7.34. The summed E-state index contributed by atoms with van der Waals surface area (Å²) in [5.74, 6) is 1.68. The molecule has 2 aromatic rings. The monoisotopic (exact) mass is 334 g/mol. The molecule has 0 N–H and O–H groups in total. The Labute approximate surface area is 128 Å². The van der Waals surface area contributed by atoms with Crippen molar-refractivity contribution in [3.63, 3.8) is 0 Å². The zero-order valence-corrected chi connectivity index (χ0v) is 13.4. The van der Waals surface area contributed by atoms with E-state index in [2.05, 4.69) is 52.3 Å². The number of alkyl halides is 1. The second-order valence-electron chi connectivity index (χ2n) is 4.64. The number of rotatable bonds is 6. The highest BCUT2D eigenvalue weighted by atomic mass is 79.9. The molecule has 0 saturated heterocycles. The molecule has 0 aliphatic rings. The standard InChI is InChI=1S/C17H19BrO2/c1-19-15-10-13(11-16(12-15)20-2)8-9-17(18)14-6-4-3-5-7-14/h3-7,10-12,17H,8-9H2,1-2H3. The molecule has 0 saturated carbocycles. The van der Waals surface area contributed by atoms with Gasteiger partial charge >= 0.3 is 0 Å². The minimum Gasteiger partial charge on any atom is -0.497 e. The van der Waals surface area contributed by atoms with Gasteiger partial charge in [-0.25, -0.2) is 0 Å². The van der Waals surface area contributed by atoms with Crippen LogP contribution in [0.2, 0.25) is 0 Å². The van der Waals surface area contributed by atoms with E-state index in [1.54, 1.807) is 14.2 Å². The molecule has 1 atom stereocenters. The first kappa shape index (κ1) is 14.9. The number of halogens is 1. The van der Waals surface area contributed by atoms with Gasteiger partial charge in [0.25, 0.3) is 0 Å². The number of hydrogen-bond acceptors (Lipinski definition) is 2. The minimum atomic E-state index is 0.362. The lowest BCUT2D eigenvalue weighted by Crippen LogP contribution is -1.95. The van der Waals surface area contributed by atoms with Gasteiger partial charge in [0.05, 0.1) is 14.2 Å². The number of hydrogen-bond donors (Lipinski definition) is 0. The van der Waals surface area contributed by atoms with Crippen LogP contribution in [0.25, 0.3) is 0 Å². The van der Waals surface area contributed by atoms with E-state index in [-0.39, 0.29) is 0 Å². The Morgan fingerprint density at radius 3 is 2.10 bits per heavy atom. The van der Waals surface area contributed by atoms with Crippen molar-refractivity contribution in [3.8, 4) is 11.5 Å². The third-order valence-electron chi connectivity index (χ3n) is 3.26. The molecule has 1 unspecified atom stereocenters. The molecule has 0 spiro atoms. The van der Waals surface area contributed by atoms with Crippen LogP contribution in [0.3, 0.4) is 0 Å². The average molecular weight is 335 g/mol. The summed E-state index contributed by atoms with van der Waals surface area (Å²) in [4.78, 5) is 0.362. The Bertz CT molecular complexity index is 518. The minimum absolute atomic E-state index is 0.362. The summed E-state index contributed by atoms with van der Waals surface area (Å²) in [6.07, 6.45) is 2.00. The van der Waals surface area contributed by atoms with Gasteiger partial charge in [0.15, 0.2) is 0 Å². The van der Waals surface area contributed by atoms with Crippen molar-refractivity contribution in [2.45, 2.75) is 17.7 Å². The van der Waals surface area contributed by atoms with Crippen molar-refractivity contribution in [2.75, 3.05) is 14.2 Å². The maximum Gasteiger partial charge on any atom is 0.122 e. The molecule has 0 aromatic heterocycles. The van der Waals surface area contributed by atoms with Gasteiger partial charge in [-0.2, -0.15) is 0 Å². The van der Waals surface area contributed by atoms with E-state index in [1.807, 2.05) is 12.1 Å². The van der Waals surface area contributed by atoms with Gasteiger partial charge in [0.2, 0.25) is 0 Å². The normalized spacial score (nSPS) is 11.9. The van der Waals surface area contributed by atoms with Gasteiger partial charge in [0.1, 0.15) is 11.5 Å². The molecule has 0 bridgehead atoms. The SMILES string of the molecule is COc1cc(CCC(Br)c2ccccc2)cc(OC)c1. The van der Waals surface area contributed by atoms with Crippen LogP contribution in [0.5, 0.6) is 11.5 Å². The van der Waals surface area contributed by atoms with E-state index in [4.69, 9.17) is 9.47 Å². The molecular weight excluding hydrogens is 316 g/mol. The van der Waals surface area contributed by atoms with E-state index >= 15 is 0 Å². The van der Waals surface area contributed by atoms with E-state index in [0.29, 0.717) is 4.83 Å². The average Bonchev–Trinajstić information content (AvgIpc) is 2.53. The van der Waals surface area contributed by atoms with Crippen molar-refractivity contribution >= 4 is 15.9 Å². The van der Waals surface area contributed by atoms with Crippen molar-refractivity contribution in [1.82, 2.24) is 0 Å². The summed E-state index contributed by atoms with van der Waals surface area (Å²) < 4.78 is 10.6. The highest BCUT2D eigenvalue weighted by molar-refractivity contribution is 9.09. The van der Waals surface area contributed by atoms with E-state index < -0.39 is 0 Å². The van der Waals surface area contributed by atoms with Crippen LogP contribution in [0.4, 0.5) is 0 Å². The predicted octanol–water partition coefficient (Wildman–Crippen LogP) is 4.77. The topological polar surface area (TPSA) is 18.5 Å². The first-order valence-corrected chi connectivity index (χ1v) is 7.55. The van der Waals surface area contributed by atoms with Gasteiger partial charge in [-0.1, -0.05) is 46.3 Å². The van der Waals surface area contributed by atoms with Crippen LogP contribution in [0, 0.1) is 0 Å². The Morgan fingerprint density at radius 2 is 1.55 bits per heavy atom. The van der Waals surface area contributed by atoms with E-state index in [9.17, 15) is 0 Å². The third kappa shape index (κ3) is 4.01. The van der Waals surface area contributed by atoms with Crippen LogP contribution in [-0.4, -0.2) is 14.2 Å². The number of aryl methyl sites for hydroxylation is 1. The lowest BCUT2D eigenvalue weighted by Gasteiger charge is -2.12. The van der Waals surface area contributed by atoms with E-state index in [0.717, 1.165) is 24.3 Å². The fourth-order valence-corrected chi connectivity index (χ4v) is 2.67. The lowest BCUT2D eigenvalue weighted by molar-refractivity contribution is 0.393. The second-order valence-corrected chi connectivity index (χ2v) is 5.74. The smallest absolute Gasteiger partial charge is 0.122 e. The fraction of sp³-hybridized carbons (Fsp3) is 0.294. The van der Waals surface area contributed by atoms with Gasteiger partial charge in [-0.3, -0.25) is 0 Å². The Kier molecular flexibility index (Phi) is 5.48. The number of benzene rings is 2. The summed E-state index contributed by atoms with van der Waals surface area (Å²) in [6, 6.07) is 16.5. The molecule has 0 amide bonds. The Balaban J connectivity index is 2.03. The highest BCUT2D eigenvalue weighted by Gasteiger charge is 2.08. The summed E-state index contributed by atoms with van der Waals surface area (Å²) in [5, 5.41) is 0. The maximum atomic E-state index is 5.30. The predicted molar refractivity (Wildman–Crippen MR) is 86.0 cm³/mol. The maximum absolute atomic E-state index is 5.30. The zero-order valence-electron chi connectivity index (χ0n) is 11.8. The van der Waals surface area contributed by atoms with Crippen LogP contribution in [0.15, 0.2) is 48.5 Å². The van der Waals surface area contributed by atoms with Gasteiger partial charge in [-0.15, -0.1) is 0 Å². The molecule has 0 radical (unpaired) electrons. The van der Waals surface area contributed by atoms with Gasteiger partial charge in [0, 0.05) is 10.9 Å². The number of ether oxygens (including phenoxy) is 2. The molecule has 106 valence electrons. The first-order valence-electron chi connectivity index (χ1n) is 6.64. The molecule has 20 heavy (non-hydrogen) atoms.